The van der Waals surface area contributed by atoms with E-state index in [1.165, 1.54) is 16.7 Å². The molecule has 2 rings (SSSR count). The summed E-state index contributed by atoms with van der Waals surface area (Å²) in [5.41, 5.74) is 0. The molecule has 180 valence electrons. The van der Waals surface area contributed by atoms with Gasteiger partial charge in [0.25, 0.3) is 0 Å². The molecule has 2 fully saturated rings. The minimum absolute atomic E-state index is 0.0527. The number of carbonyl (C=O) groups excluding carboxylic acids is 3. The summed E-state index contributed by atoms with van der Waals surface area (Å²) in [6.07, 6.45) is 1.96. The van der Waals surface area contributed by atoms with Gasteiger partial charge in [-0.05, 0) is 6.26 Å². The second-order valence-electron chi connectivity index (χ2n) is 7.78. The Bertz CT molecular complexity index is 694. The van der Waals surface area contributed by atoms with E-state index in [1.807, 2.05) is 4.90 Å². The number of rotatable bonds is 10. The molecule has 0 spiro atoms. The van der Waals surface area contributed by atoms with E-state index < -0.39 is 11.9 Å². The van der Waals surface area contributed by atoms with Crippen molar-refractivity contribution in [3.8, 4) is 0 Å². The van der Waals surface area contributed by atoms with Gasteiger partial charge >= 0.3 is 11.9 Å². The quantitative estimate of drug-likeness (QED) is 0.293. The lowest BCUT2D eigenvalue weighted by Crippen LogP contribution is -2.45. The Balaban J connectivity index is 1.86. The number of carbonyl (C=O) groups is 5. The molecule has 3 N–H and O–H groups in total. The number of amides is 3. The van der Waals surface area contributed by atoms with Crippen molar-refractivity contribution in [2.24, 2.45) is 0 Å². The summed E-state index contributed by atoms with van der Waals surface area (Å²) in [6, 6.07) is 0. The first-order valence-electron chi connectivity index (χ1n) is 10.4. The highest BCUT2D eigenvalue weighted by Gasteiger charge is 2.37. The lowest BCUT2D eigenvalue weighted by molar-refractivity contribution is -0.140. The van der Waals surface area contributed by atoms with E-state index in [-0.39, 0.29) is 62.1 Å². The number of imide groups is 1. The van der Waals surface area contributed by atoms with E-state index in [1.54, 1.807) is 16.1 Å². The Kier molecular flexibility index (Phi) is 10.4. The third kappa shape index (κ3) is 8.37. The van der Waals surface area contributed by atoms with Crippen LogP contribution in [0, 0.1) is 0 Å². The van der Waals surface area contributed by atoms with Gasteiger partial charge in [0.05, 0.1) is 24.9 Å². The number of thioether (sulfide) groups is 1. The van der Waals surface area contributed by atoms with Crippen LogP contribution in [-0.4, -0.2) is 143 Å². The number of nitrogens with zero attached hydrogens (tertiary/aromatic N) is 4. The van der Waals surface area contributed by atoms with Gasteiger partial charge in [0.1, 0.15) is 0 Å². The fraction of sp³-hybridized carbons (Fsp3) is 0.737. The molecule has 32 heavy (non-hydrogen) atoms. The first kappa shape index (κ1) is 26.0. The second kappa shape index (κ2) is 12.7. The van der Waals surface area contributed by atoms with Gasteiger partial charge in [-0.2, -0.15) is 11.8 Å². The Hall–Kier alpha value is -2.22. The molecular formula is C19H31N5O7S. The van der Waals surface area contributed by atoms with Gasteiger partial charge in [-0.25, -0.2) is 0 Å². The van der Waals surface area contributed by atoms with E-state index >= 15 is 0 Å². The molecule has 3 amide bonds. The van der Waals surface area contributed by atoms with Crippen molar-refractivity contribution in [2.45, 2.75) is 11.7 Å². The van der Waals surface area contributed by atoms with E-state index in [4.69, 9.17) is 10.2 Å². The molecule has 0 aliphatic carbocycles. The molecule has 2 saturated heterocycles. The van der Waals surface area contributed by atoms with Crippen molar-refractivity contribution in [3.63, 3.8) is 0 Å². The Morgan fingerprint density at radius 1 is 0.906 bits per heavy atom. The minimum Gasteiger partial charge on any atom is -0.480 e. The van der Waals surface area contributed by atoms with Crippen molar-refractivity contribution >= 4 is 41.4 Å². The molecule has 0 aromatic rings. The average molecular weight is 474 g/mol. The fourth-order valence-electron chi connectivity index (χ4n) is 3.68. The van der Waals surface area contributed by atoms with E-state index in [0.29, 0.717) is 39.3 Å². The van der Waals surface area contributed by atoms with Gasteiger partial charge in [0.2, 0.25) is 17.7 Å². The van der Waals surface area contributed by atoms with Crippen LogP contribution in [0.2, 0.25) is 0 Å². The number of carboxylic acid groups (broad SMARTS) is 2. The summed E-state index contributed by atoms with van der Waals surface area (Å²) < 4.78 is 0. The van der Waals surface area contributed by atoms with Crippen LogP contribution in [-0.2, 0) is 24.0 Å². The molecule has 2 aliphatic rings. The summed E-state index contributed by atoms with van der Waals surface area (Å²) in [5.74, 6) is -2.67. The number of nitrogens with one attached hydrogen (secondary N) is 1. The van der Waals surface area contributed by atoms with Crippen molar-refractivity contribution in [1.29, 1.82) is 0 Å². The lowest BCUT2D eigenvalue weighted by atomic mass is 10.4. The molecule has 2 aliphatic heterocycles. The smallest absolute Gasteiger partial charge is 0.317 e. The maximum atomic E-state index is 12.4. The molecule has 0 radical (unpaired) electrons. The third-order valence-corrected chi connectivity index (χ3v) is 6.36. The van der Waals surface area contributed by atoms with Gasteiger partial charge < -0.3 is 15.5 Å². The summed E-state index contributed by atoms with van der Waals surface area (Å²) in [7, 11) is 0. The molecule has 0 aromatic carbocycles. The highest BCUT2D eigenvalue weighted by molar-refractivity contribution is 8.00. The van der Waals surface area contributed by atoms with Crippen LogP contribution in [0.25, 0.3) is 0 Å². The topological polar surface area (TPSA) is 151 Å². The highest BCUT2D eigenvalue weighted by Crippen LogP contribution is 2.22. The SMILES string of the molecule is CSC1CC(=O)N(CCNC(=O)CN2CCN(CC(=O)O)CCN(CC(=O)O)CC2)C1=O. The third-order valence-electron chi connectivity index (χ3n) is 5.43. The van der Waals surface area contributed by atoms with Gasteiger partial charge in [0, 0.05) is 58.8 Å². The van der Waals surface area contributed by atoms with Crippen LogP contribution >= 0.6 is 11.8 Å². The van der Waals surface area contributed by atoms with Crippen LogP contribution in [0.3, 0.4) is 0 Å². The minimum atomic E-state index is -0.965. The molecule has 13 heteroatoms. The average Bonchev–Trinajstić information content (AvgIpc) is 3.03. The van der Waals surface area contributed by atoms with E-state index in [2.05, 4.69) is 5.32 Å². The van der Waals surface area contributed by atoms with Gasteiger partial charge in [0.15, 0.2) is 0 Å². The predicted octanol–water partition coefficient (Wildman–Crippen LogP) is -2.32. The molecule has 12 nitrogen and oxygen atoms in total. The molecule has 1 atom stereocenters. The molecule has 0 bridgehead atoms. The van der Waals surface area contributed by atoms with Crippen molar-refractivity contribution < 1.29 is 34.2 Å². The van der Waals surface area contributed by atoms with Crippen molar-refractivity contribution in [3.05, 3.63) is 0 Å². The number of aliphatic carboxylic acids is 2. The van der Waals surface area contributed by atoms with Crippen molar-refractivity contribution in [2.75, 3.05) is 78.2 Å². The number of carboxylic acids is 2. The molecule has 2 heterocycles. The first-order chi connectivity index (χ1) is 15.2. The van der Waals surface area contributed by atoms with Gasteiger partial charge in [-0.3, -0.25) is 43.6 Å². The first-order valence-corrected chi connectivity index (χ1v) is 11.7. The van der Waals surface area contributed by atoms with Crippen LogP contribution < -0.4 is 5.32 Å². The zero-order chi connectivity index (χ0) is 23.7. The number of hydrogen-bond donors (Lipinski definition) is 3. The highest BCUT2D eigenvalue weighted by atomic mass is 32.2. The summed E-state index contributed by atoms with van der Waals surface area (Å²) in [5, 5.41) is 20.6. The zero-order valence-electron chi connectivity index (χ0n) is 18.2. The van der Waals surface area contributed by atoms with Gasteiger partial charge in [-0.1, -0.05) is 0 Å². The summed E-state index contributed by atoms with van der Waals surface area (Å²) >= 11 is 1.34. The van der Waals surface area contributed by atoms with Crippen LogP contribution in [0.1, 0.15) is 6.42 Å². The van der Waals surface area contributed by atoms with E-state index in [0.717, 1.165) is 0 Å². The Morgan fingerprint density at radius 2 is 1.38 bits per heavy atom. The normalized spacial score (nSPS) is 21.8. The Labute approximate surface area is 190 Å². The largest absolute Gasteiger partial charge is 0.480 e. The maximum absolute atomic E-state index is 12.4. The maximum Gasteiger partial charge on any atom is 0.317 e. The Morgan fingerprint density at radius 3 is 1.78 bits per heavy atom. The fourth-order valence-corrected chi connectivity index (χ4v) is 4.32. The predicted molar refractivity (Wildman–Crippen MR) is 116 cm³/mol. The van der Waals surface area contributed by atoms with Gasteiger partial charge in [-0.15, -0.1) is 0 Å². The molecule has 0 aromatic heterocycles. The standard InChI is InChI=1S/C19H31N5O7S/c1-32-14-10-16(26)24(19(14)31)3-2-20-15(25)11-21-4-6-22(12-17(27)28)8-9-23(7-5-21)13-18(29)30/h14H,2-13H2,1H3,(H,20,25)(H,27,28)(H,29,30). The molecular weight excluding hydrogens is 442 g/mol. The molecule has 1 unspecified atom stereocenters. The van der Waals surface area contributed by atoms with Crippen molar-refractivity contribution in [1.82, 2.24) is 24.9 Å². The van der Waals surface area contributed by atoms with Crippen LogP contribution in [0.4, 0.5) is 0 Å². The lowest BCUT2D eigenvalue weighted by Gasteiger charge is -2.24. The monoisotopic (exact) mass is 473 g/mol. The zero-order valence-corrected chi connectivity index (χ0v) is 19.0. The number of likely N-dealkylation sites (tertiary alicyclic amines) is 1. The van der Waals surface area contributed by atoms with Crippen LogP contribution in [0.5, 0.6) is 0 Å². The van der Waals surface area contributed by atoms with E-state index in [9.17, 15) is 24.0 Å². The second-order valence-corrected chi connectivity index (χ2v) is 8.82. The van der Waals surface area contributed by atoms with Crippen LogP contribution in [0.15, 0.2) is 0 Å². The molecule has 0 saturated carbocycles. The number of hydrogen-bond acceptors (Lipinski definition) is 9. The summed E-state index contributed by atoms with van der Waals surface area (Å²) in [6.45, 7) is 2.66. The summed E-state index contributed by atoms with van der Waals surface area (Å²) in [4.78, 5) is 65.2.